The lowest BCUT2D eigenvalue weighted by molar-refractivity contribution is -0.138. The molecule has 2 aliphatic heterocycles. The minimum Gasteiger partial charge on any atom is -0.495 e. The number of amides is 2. The van der Waals surface area contributed by atoms with E-state index in [1.54, 1.807) is 13.2 Å². The summed E-state index contributed by atoms with van der Waals surface area (Å²) < 4.78 is 129. The Morgan fingerprint density at radius 1 is 0.587 bits per heavy atom. The van der Waals surface area contributed by atoms with E-state index in [2.05, 4.69) is 46.4 Å². The van der Waals surface area contributed by atoms with Crippen LogP contribution in [0.2, 0.25) is 5.15 Å². The number of nitrogens with one attached hydrogen (secondary N) is 5. The number of carbonyl (C=O) groups is 2. The second-order valence-electron chi connectivity index (χ2n) is 16.1. The summed E-state index contributed by atoms with van der Waals surface area (Å²) in [5.74, 6) is -1.41. The number of morpholine rings is 2. The predicted molar refractivity (Wildman–Crippen MR) is 269 cm³/mol. The Labute approximate surface area is 430 Å². The predicted octanol–water partition coefficient (Wildman–Crippen LogP) is 10.0. The van der Waals surface area contributed by atoms with Gasteiger partial charge < -0.3 is 61.1 Å². The number of anilines is 9. The van der Waals surface area contributed by atoms with Crippen LogP contribution in [0.1, 0.15) is 31.8 Å². The van der Waals surface area contributed by atoms with Crippen LogP contribution in [-0.4, -0.2) is 103 Å². The molecule has 25 heteroatoms. The number of nitrogens with two attached hydrogens (primary N) is 1. The van der Waals surface area contributed by atoms with Crippen molar-refractivity contribution < 1.29 is 63.7 Å². The Hall–Kier alpha value is -7.83. The topological polar surface area (TPSA) is 189 Å². The highest BCUT2D eigenvalue weighted by Gasteiger charge is 2.36. The molecule has 0 radical (unpaired) electrons. The summed E-state index contributed by atoms with van der Waals surface area (Å²) in [5, 5.41) is 12.5. The van der Waals surface area contributed by atoms with E-state index < -0.39 is 52.6 Å². The van der Waals surface area contributed by atoms with Crippen molar-refractivity contribution in [3.63, 3.8) is 0 Å². The lowest BCUT2D eigenvalue weighted by Gasteiger charge is -2.29. The van der Waals surface area contributed by atoms with E-state index in [1.807, 2.05) is 30.3 Å². The van der Waals surface area contributed by atoms with Crippen LogP contribution in [0.3, 0.4) is 0 Å². The first-order valence-corrected chi connectivity index (χ1v) is 23.0. The number of hydrogen-bond acceptors (Lipinski definition) is 14. The Morgan fingerprint density at radius 3 is 1.49 bits per heavy atom. The van der Waals surface area contributed by atoms with Gasteiger partial charge >= 0.3 is 12.4 Å². The Morgan fingerprint density at radius 2 is 1.03 bits per heavy atom. The van der Waals surface area contributed by atoms with Gasteiger partial charge in [0.15, 0.2) is 0 Å². The summed E-state index contributed by atoms with van der Waals surface area (Å²) in [4.78, 5) is 35.7. The van der Waals surface area contributed by atoms with E-state index in [9.17, 15) is 44.7 Å². The van der Waals surface area contributed by atoms with Crippen LogP contribution in [0.25, 0.3) is 0 Å². The van der Waals surface area contributed by atoms with E-state index in [0.717, 1.165) is 99.0 Å². The van der Waals surface area contributed by atoms with Crippen molar-refractivity contribution in [1.29, 1.82) is 0 Å². The van der Waals surface area contributed by atoms with Gasteiger partial charge in [0.05, 0.1) is 97.0 Å². The molecule has 0 spiro atoms. The monoisotopic (exact) mass is 1070 g/mol. The van der Waals surface area contributed by atoms with Gasteiger partial charge in [-0.05, 0) is 66.7 Å². The Bertz CT molecular complexity index is 2940. The highest BCUT2D eigenvalue weighted by Crippen LogP contribution is 2.40. The second kappa shape index (κ2) is 25.4. The van der Waals surface area contributed by atoms with Gasteiger partial charge in [-0.15, -0.1) is 0 Å². The Kier molecular flexibility index (Phi) is 19.1. The molecular weight excluding hydrogens is 1020 g/mol. The maximum atomic E-state index is 13.8. The number of methoxy groups -OCH3 is 2. The van der Waals surface area contributed by atoms with Crippen molar-refractivity contribution in [3.8, 4) is 11.5 Å². The first kappa shape index (κ1) is 56.5. The number of nitrogens with zero attached hydrogens (tertiary/aromatic N) is 4. The highest BCUT2D eigenvalue weighted by molar-refractivity contribution is 6.29. The molecule has 2 aliphatic rings. The summed E-state index contributed by atoms with van der Waals surface area (Å²) in [6.07, 6.45) is -8.15. The molecule has 0 unspecified atom stereocenters. The summed E-state index contributed by atoms with van der Waals surface area (Å²) in [5.41, 5.74) is 5.81. The van der Waals surface area contributed by atoms with Gasteiger partial charge in [0, 0.05) is 82.2 Å². The first-order valence-electron chi connectivity index (χ1n) is 22.6. The molecular formula is C50H51ClF8N10O6. The molecule has 8 rings (SSSR count). The molecule has 2 saturated heterocycles. The van der Waals surface area contributed by atoms with Crippen molar-refractivity contribution in [2.75, 3.05) is 112 Å². The quantitative estimate of drug-likeness (QED) is 0.0386. The molecule has 7 N–H and O–H groups in total. The SMILES string of the molecule is CNC(=O)c1cc(F)ccc1Nc1cc(Cl)ncc1C(F)(F)F.CNC(=O)c1cc(F)ccc1Nc1cc(Nc2ccc(N3CCOCC3)cc2OC)ncc1C(F)(F)F.COc1cc(N2CCOCC2)ccc1N. The van der Waals surface area contributed by atoms with Crippen LogP contribution in [0.5, 0.6) is 11.5 Å². The highest BCUT2D eigenvalue weighted by atomic mass is 35.5. The minimum atomic E-state index is -4.74. The molecule has 0 aliphatic carbocycles. The molecule has 4 aromatic carbocycles. The van der Waals surface area contributed by atoms with Crippen LogP contribution in [-0.2, 0) is 21.8 Å². The summed E-state index contributed by atoms with van der Waals surface area (Å²) in [6, 6.07) is 19.7. The molecule has 2 amide bonds. The standard InChI is InChI=1S/C25H25F4N5O3.C14H10ClF4N3O.C11H16N2O2/c1-30-24(35)17-11-15(26)3-5-19(17)32-21-13-23(31-14-18(21)25(27,28)29)33-20-6-4-16(12-22(20)36-2)34-7-9-37-10-8-34;1-20-13(23)8-4-7(16)2-3-10(8)22-11-5-12(15)21-6-9(11)14(17,18)19;1-14-11-8-9(2-3-10(11)12)13-4-6-15-7-5-13/h3-6,11-14H,7-10H2,1-2H3,(H,30,35)(H2,31,32,33);2-6H,1H3,(H,20,23)(H,21,22);2-3,8H,4-7,12H2,1H3. The summed E-state index contributed by atoms with van der Waals surface area (Å²) in [7, 11) is 5.78. The van der Waals surface area contributed by atoms with Crippen LogP contribution in [0.15, 0.2) is 97.3 Å². The molecule has 0 atom stereocenters. The fraction of sp³-hybridized carbons (Fsp3) is 0.280. The van der Waals surface area contributed by atoms with Crippen LogP contribution < -0.4 is 51.6 Å². The number of halogens is 9. The molecule has 400 valence electrons. The average Bonchev–Trinajstić information content (AvgIpc) is 3.39. The largest absolute Gasteiger partial charge is 0.495 e. The smallest absolute Gasteiger partial charge is 0.419 e. The van der Waals surface area contributed by atoms with Gasteiger partial charge in [-0.2, -0.15) is 26.3 Å². The average molecular weight is 1080 g/mol. The van der Waals surface area contributed by atoms with Crippen LogP contribution in [0.4, 0.5) is 86.4 Å². The zero-order chi connectivity index (χ0) is 54.5. The summed E-state index contributed by atoms with van der Waals surface area (Å²) in [6.45, 7) is 6.10. The number of ether oxygens (including phenoxy) is 4. The number of carbonyl (C=O) groups excluding carboxylic acids is 2. The van der Waals surface area contributed by atoms with E-state index in [1.165, 1.54) is 27.3 Å². The van der Waals surface area contributed by atoms with Crippen molar-refractivity contribution in [1.82, 2.24) is 20.6 Å². The molecule has 0 bridgehead atoms. The maximum absolute atomic E-state index is 13.8. The van der Waals surface area contributed by atoms with E-state index in [4.69, 9.17) is 36.3 Å². The van der Waals surface area contributed by atoms with Gasteiger partial charge in [0.25, 0.3) is 11.8 Å². The van der Waals surface area contributed by atoms with Gasteiger partial charge in [0.1, 0.15) is 34.1 Å². The maximum Gasteiger partial charge on any atom is 0.419 e. The zero-order valence-electron chi connectivity index (χ0n) is 40.6. The molecule has 4 heterocycles. The zero-order valence-corrected chi connectivity index (χ0v) is 41.4. The number of rotatable bonds is 12. The number of nitrogen functional groups attached to an aromatic ring is 1. The minimum absolute atomic E-state index is 0.00137. The van der Waals surface area contributed by atoms with E-state index >= 15 is 0 Å². The third-order valence-electron chi connectivity index (χ3n) is 11.2. The van der Waals surface area contributed by atoms with Crippen molar-refractivity contribution in [2.24, 2.45) is 0 Å². The molecule has 0 saturated carbocycles. The first-order chi connectivity index (χ1) is 35.7. The van der Waals surface area contributed by atoms with Crippen LogP contribution in [0, 0.1) is 11.6 Å². The lowest BCUT2D eigenvalue weighted by Crippen LogP contribution is -2.36. The number of alkyl halides is 6. The van der Waals surface area contributed by atoms with Crippen LogP contribution >= 0.6 is 11.6 Å². The molecule has 2 aromatic heterocycles. The van der Waals surface area contributed by atoms with E-state index in [-0.39, 0.29) is 39.2 Å². The van der Waals surface area contributed by atoms with Crippen molar-refractivity contribution in [3.05, 3.63) is 136 Å². The number of hydrogen-bond donors (Lipinski definition) is 6. The molecule has 16 nitrogen and oxygen atoms in total. The normalized spacial score (nSPS) is 13.5. The number of pyridine rings is 2. The number of benzene rings is 4. The van der Waals surface area contributed by atoms with Crippen molar-refractivity contribution in [2.45, 2.75) is 12.4 Å². The summed E-state index contributed by atoms with van der Waals surface area (Å²) >= 11 is 5.63. The second-order valence-corrected chi connectivity index (χ2v) is 16.5. The van der Waals surface area contributed by atoms with Gasteiger partial charge in [0.2, 0.25) is 0 Å². The Balaban J connectivity index is 0.000000204. The van der Waals surface area contributed by atoms with Gasteiger partial charge in [-0.3, -0.25) is 9.59 Å². The van der Waals surface area contributed by atoms with Gasteiger partial charge in [-0.1, -0.05) is 11.6 Å². The fourth-order valence-corrected chi connectivity index (χ4v) is 7.61. The van der Waals surface area contributed by atoms with E-state index in [0.29, 0.717) is 42.7 Å². The molecule has 2 fully saturated rings. The van der Waals surface area contributed by atoms with Crippen molar-refractivity contribution >= 4 is 74.7 Å². The van der Waals surface area contributed by atoms with Gasteiger partial charge in [-0.25, -0.2) is 18.7 Å². The third kappa shape index (κ3) is 15.1. The molecule has 6 aromatic rings. The fourth-order valence-electron chi connectivity index (χ4n) is 7.46. The lowest BCUT2D eigenvalue weighted by atomic mass is 10.1. The number of aromatic nitrogens is 2. The molecule has 75 heavy (non-hydrogen) atoms. The third-order valence-corrected chi connectivity index (χ3v) is 11.5.